The van der Waals surface area contributed by atoms with E-state index >= 15 is 0 Å². The zero-order valence-electron chi connectivity index (χ0n) is 15.7. The van der Waals surface area contributed by atoms with Gasteiger partial charge >= 0.3 is 6.03 Å². The average molecular weight is 405 g/mol. The Morgan fingerprint density at radius 1 is 1.29 bits per heavy atom. The van der Waals surface area contributed by atoms with Crippen LogP contribution in [0.15, 0.2) is 24.3 Å². The third kappa shape index (κ3) is 3.77. The van der Waals surface area contributed by atoms with Crippen molar-refractivity contribution in [2.75, 3.05) is 0 Å². The fourth-order valence-corrected chi connectivity index (χ4v) is 3.93. The summed E-state index contributed by atoms with van der Waals surface area (Å²) in [7, 11) is 0. The van der Waals surface area contributed by atoms with Gasteiger partial charge in [-0.25, -0.2) is 4.79 Å². The van der Waals surface area contributed by atoms with Crippen molar-refractivity contribution >= 4 is 35.0 Å². The largest absolute Gasteiger partial charge is 0.358 e. The second-order valence-corrected chi connectivity index (χ2v) is 7.86. The highest BCUT2D eigenvalue weighted by molar-refractivity contribution is 7.80. The first kappa shape index (κ1) is 20.0. The van der Waals surface area contributed by atoms with Crippen molar-refractivity contribution in [3.63, 3.8) is 0 Å². The molecule has 1 aromatic carbocycles. The van der Waals surface area contributed by atoms with Crippen LogP contribution in [-0.2, 0) is 10.3 Å². The van der Waals surface area contributed by atoms with Crippen molar-refractivity contribution in [1.29, 1.82) is 0 Å². The fourth-order valence-electron chi connectivity index (χ4n) is 3.69. The third-order valence-electron chi connectivity index (χ3n) is 5.49. The van der Waals surface area contributed by atoms with Crippen LogP contribution >= 0.6 is 12.2 Å². The van der Waals surface area contributed by atoms with Crippen LogP contribution in [0.4, 0.5) is 10.5 Å². The Hall–Kier alpha value is -2.75. The Bertz CT molecular complexity index is 815. The van der Waals surface area contributed by atoms with E-state index in [-0.39, 0.29) is 16.8 Å². The first-order valence-electron chi connectivity index (χ1n) is 9.21. The van der Waals surface area contributed by atoms with Crippen LogP contribution in [0.3, 0.4) is 0 Å². The number of urea groups is 1. The van der Waals surface area contributed by atoms with Gasteiger partial charge in [0.15, 0.2) is 5.11 Å². The molecule has 150 valence electrons. The lowest BCUT2D eigenvalue weighted by Crippen LogP contribution is -2.54. The summed E-state index contributed by atoms with van der Waals surface area (Å²) < 4.78 is 0. The quantitative estimate of drug-likeness (QED) is 0.305. The summed E-state index contributed by atoms with van der Waals surface area (Å²) in [6.45, 7) is 3.70. The molecule has 1 saturated carbocycles. The van der Waals surface area contributed by atoms with Crippen LogP contribution in [0.1, 0.15) is 45.1 Å². The molecular formula is C18H23N5O4S. The molecule has 1 aliphatic heterocycles. The number of thiocarbonyl (C=S) groups is 1. The van der Waals surface area contributed by atoms with Gasteiger partial charge in [0.05, 0.1) is 4.92 Å². The highest BCUT2D eigenvalue weighted by Gasteiger charge is 2.50. The zero-order chi connectivity index (χ0) is 20.5. The van der Waals surface area contributed by atoms with E-state index in [4.69, 9.17) is 12.2 Å². The summed E-state index contributed by atoms with van der Waals surface area (Å²) in [5, 5.41) is 17.7. The monoisotopic (exact) mass is 405 g/mol. The minimum absolute atomic E-state index is 0.0916. The lowest BCUT2D eigenvalue weighted by Gasteiger charge is -2.31. The van der Waals surface area contributed by atoms with Gasteiger partial charge in [-0.1, -0.05) is 19.8 Å². The van der Waals surface area contributed by atoms with E-state index in [1.54, 1.807) is 6.92 Å². The molecule has 3 rings (SSSR count). The number of nitrogens with one attached hydrogen (secondary N) is 3. The van der Waals surface area contributed by atoms with Crippen LogP contribution in [0.5, 0.6) is 0 Å². The van der Waals surface area contributed by atoms with Gasteiger partial charge in [0.25, 0.3) is 11.6 Å². The molecule has 28 heavy (non-hydrogen) atoms. The molecule has 3 atom stereocenters. The van der Waals surface area contributed by atoms with Gasteiger partial charge in [0, 0.05) is 18.2 Å². The number of nitrogens with zero attached hydrogens (tertiary/aromatic N) is 2. The maximum atomic E-state index is 12.9. The normalized spacial score (nSPS) is 27.3. The molecule has 0 aromatic heterocycles. The molecule has 0 unspecified atom stereocenters. The summed E-state index contributed by atoms with van der Waals surface area (Å²) in [5.74, 6) is -0.0748. The standard InChI is InChI=1S/C18H23N5O4S/c1-11-5-3-4-6-14(11)19-16(28)21-22-15(24)18(2,20-17(22)25)12-7-9-13(10-8-12)23(26)27/h7-11,14H,3-6H2,1-2H3,(H,20,25)(H2,19,21,28)/t11-,14-,18+/m0/s1. The highest BCUT2D eigenvalue weighted by Crippen LogP contribution is 2.29. The average Bonchev–Trinajstić information content (AvgIpc) is 2.88. The molecule has 1 saturated heterocycles. The van der Waals surface area contributed by atoms with Gasteiger partial charge in [-0.3, -0.25) is 20.3 Å². The van der Waals surface area contributed by atoms with E-state index in [1.165, 1.54) is 30.7 Å². The van der Waals surface area contributed by atoms with E-state index in [9.17, 15) is 19.7 Å². The van der Waals surface area contributed by atoms with Crippen molar-refractivity contribution in [2.45, 2.75) is 51.1 Å². The number of nitro groups is 1. The van der Waals surface area contributed by atoms with Crippen LogP contribution in [0, 0.1) is 16.0 Å². The van der Waals surface area contributed by atoms with E-state index in [0.717, 1.165) is 24.3 Å². The minimum atomic E-state index is -1.34. The van der Waals surface area contributed by atoms with Gasteiger partial charge in [-0.05, 0) is 55.6 Å². The second kappa shape index (κ2) is 7.70. The van der Waals surface area contributed by atoms with E-state index in [1.807, 2.05) is 0 Å². The van der Waals surface area contributed by atoms with Crippen molar-refractivity contribution in [3.8, 4) is 0 Å². The third-order valence-corrected chi connectivity index (χ3v) is 5.70. The van der Waals surface area contributed by atoms with E-state index < -0.39 is 22.4 Å². The van der Waals surface area contributed by atoms with Crippen LogP contribution in [0.2, 0.25) is 0 Å². The number of hydrogen-bond donors (Lipinski definition) is 3. The lowest BCUT2D eigenvalue weighted by molar-refractivity contribution is -0.384. The maximum Gasteiger partial charge on any atom is 0.344 e. The Kier molecular flexibility index (Phi) is 5.50. The van der Waals surface area contributed by atoms with E-state index in [0.29, 0.717) is 11.5 Å². The number of benzene rings is 1. The molecule has 2 fully saturated rings. The van der Waals surface area contributed by atoms with Crippen molar-refractivity contribution < 1.29 is 14.5 Å². The van der Waals surface area contributed by atoms with Crippen molar-refractivity contribution in [2.24, 2.45) is 5.92 Å². The Morgan fingerprint density at radius 3 is 2.54 bits per heavy atom. The Morgan fingerprint density at radius 2 is 1.93 bits per heavy atom. The number of amides is 3. The van der Waals surface area contributed by atoms with Gasteiger partial charge in [0.2, 0.25) is 0 Å². The molecule has 0 radical (unpaired) electrons. The summed E-state index contributed by atoms with van der Waals surface area (Å²) >= 11 is 5.30. The molecule has 2 aliphatic rings. The summed E-state index contributed by atoms with van der Waals surface area (Å²) in [5.41, 5.74) is 1.70. The molecule has 1 aliphatic carbocycles. The number of rotatable bonds is 4. The van der Waals surface area contributed by atoms with Gasteiger partial charge in [-0.15, -0.1) is 0 Å². The van der Waals surface area contributed by atoms with E-state index in [2.05, 4.69) is 23.0 Å². The highest BCUT2D eigenvalue weighted by atomic mass is 32.1. The topological polar surface area (TPSA) is 117 Å². The number of carbonyl (C=O) groups is 2. The smallest absolute Gasteiger partial charge is 0.344 e. The number of hydrazine groups is 1. The summed E-state index contributed by atoms with van der Waals surface area (Å²) in [4.78, 5) is 35.6. The molecule has 3 N–H and O–H groups in total. The number of nitro benzene ring substituents is 1. The summed E-state index contributed by atoms with van der Waals surface area (Å²) in [6.07, 6.45) is 4.41. The minimum Gasteiger partial charge on any atom is -0.358 e. The molecule has 3 amide bonds. The van der Waals surface area contributed by atoms with Crippen LogP contribution in [-0.4, -0.2) is 33.0 Å². The fraction of sp³-hybridized carbons (Fsp3) is 0.500. The predicted octanol–water partition coefficient (Wildman–Crippen LogP) is 2.32. The maximum absolute atomic E-state index is 12.9. The lowest BCUT2D eigenvalue weighted by atomic mass is 9.86. The molecule has 0 spiro atoms. The first-order valence-corrected chi connectivity index (χ1v) is 9.62. The molecule has 10 heteroatoms. The van der Waals surface area contributed by atoms with Crippen LogP contribution in [0.25, 0.3) is 0 Å². The van der Waals surface area contributed by atoms with Crippen molar-refractivity contribution in [3.05, 3.63) is 39.9 Å². The molecule has 1 heterocycles. The predicted molar refractivity (Wildman–Crippen MR) is 106 cm³/mol. The first-order chi connectivity index (χ1) is 13.2. The number of non-ortho nitro benzene ring substituents is 1. The number of carbonyl (C=O) groups excluding carboxylic acids is 2. The van der Waals surface area contributed by atoms with Crippen molar-refractivity contribution in [1.82, 2.24) is 21.1 Å². The van der Waals surface area contributed by atoms with Gasteiger partial charge in [-0.2, -0.15) is 5.01 Å². The number of imide groups is 1. The van der Waals surface area contributed by atoms with Crippen LogP contribution < -0.4 is 16.1 Å². The SMILES string of the molecule is C[C@H]1CCCC[C@@H]1NC(=S)NN1C(=O)N[C@](C)(c2ccc([N+](=O)[O-])cc2)C1=O. The van der Waals surface area contributed by atoms with Gasteiger partial charge in [0.1, 0.15) is 5.54 Å². The molecule has 0 bridgehead atoms. The Labute approximate surface area is 168 Å². The molecule has 9 nitrogen and oxygen atoms in total. The Balaban J connectivity index is 1.70. The molecule has 1 aromatic rings. The van der Waals surface area contributed by atoms with Gasteiger partial charge < -0.3 is 10.6 Å². The summed E-state index contributed by atoms with van der Waals surface area (Å²) in [6, 6.07) is 5.09. The molecular weight excluding hydrogens is 382 g/mol. The zero-order valence-corrected chi connectivity index (χ0v) is 16.5. The second-order valence-electron chi connectivity index (χ2n) is 7.45. The number of hydrogen-bond acceptors (Lipinski definition) is 5.